The number of para-hydroxylation sites is 1. The van der Waals surface area contributed by atoms with Crippen molar-refractivity contribution < 1.29 is 9.18 Å². The van der Waals surface area contributed by atoms with Crippen LogP contribution < -0.4 is 5.32 Å². The number of pyridine rings is 1. The van der Waals surface area contributed by atoms with Crippen LogP contribution in [0.3, 0.4) is 0 Å². The fourth-order valence-corrected chi connectivity index (χ4v) is 4.20. The lowest BCUT2D eigenvalue weighted by atomic mass is 10.0. The smallest absolute Gasteiger partial charge is 0.252 e. The lowest BCUT2D eigenvalue weighted by Crippen LogP contribution is -2.26. The first-order valence-corrected chi connectivity index (χ1v) is 11.6. The van der Waals surface area contributed by atoms with Crippen LogP contribution in [0, 0.1) is 12.7 Å². The molecule has 2 aromatic heterocycles. The summed E-state index contributed by atoms with van der Waals surface area (Å²) in [4.78, 5) is 18.0. The van der Waals surface area contributed by atoms with Gasteiger partial charge in [-0.15, -0.1) is 0 Å². The predicted octanol–water partition coefficient (Wildman–Crippen LogP) is 6.16. The predicted molar refractivity (Wildman–Crippen MR) is 136 cm³/mol. The van der Waals surface area contributed by atoms with Crippen LogP contribution in [0.2, 0.25) is 5.02 Å². The molecule has 0 saturated heterocycles. The van der Waals surface area contributed by atoms with Crippen LogP contribution in [0.15, 0.2) is 85.1 Å². The van der Waals surface area contributed by atoms with E-state index in [4.69, 9.17) is 16.6 Å². The van der Waals surface area contributed by atoms with Crippen molar-refractivity contribution in [2.75, 3.05) is 6.54 Å². The van der Waals surface area contributed by atoms with Gasteiger partial charge in [0.15, 0.2) is 0 Å². The van der Waals surface area contributed by atoms with Gasteiger partial charge >= 0.3 is 0 Å². The van der Waals surface area contributed by atoms with E-state index in [1.54, 1.807) is 29.1 Å². The molecule has 0 atom stereocenters. The molecular formula is C28H22ClFN4O. The Morgan fingerprint density at radius 3 is 2.54 bits per heavy atom. The molecule has 0 saturated carbocycles. The van der Waals surface area contributed by atoms with Crippen molar-refractivity contribution in [1.82, 2.24) is 20.1 Å². The quantitative estimate of drug-likeness (QED) is 0.314. The molecule has 1 N–H and O–H groups in total. The highest BCUT2D eigenvalue weighted by atomic mass is 35.5. The molecule has 0 spiro atoms. The van der Waals surface area contributed by atoms with Gasteiger partial charge in [-0.3, -0.25) is 4.79 Å². The molecule has 0 unspecified atom stereocenters. The van der Waals surface area contributed by atoms with Gasteiger partial charge in [-0.2, -0.15) is 5.10 Å². The summed E-state index contributed by atoms with van der Waals surface area (Å²) >= 11 is 5.95. The Labute approximate surface area is 207 Å². The minimum atomic E-state index is -0.304. The standard InChI is InChI=1S/C28H22ClFN4O/c1-18-25(17-32-34(18)22-12-10-21(30)11-13-22)27-16-24(23-4-2-3-5-26(23)33-27)28(35)31-15-14-19-6-8-20(29)9-7-19/h2-13,16-17H,14-15H2,1H3,(H,31,35). The number of hydrogen-bond donors (Lipinski definition) is 1. The minimum absolute atomic E-state index is 0.164. The van der Waals surface area contributed by atoms with Crippen LogP contribution in [0.25, 0.3) is 27.8 Å². The Hall–Kier alpha value is -4.03. The molecule has 5 rings (SSSR count). The molecule has 0 radical (unpaired) electrons. The van der Waals surface area contributed by atoms with Gasteiger partial charge in [0.1, 0.15) is 5.82 Å². The van der Waals surface area contributed by atoms with E-state index in [9.17, 15) is 9.18 Å². The third-order valence-electron chi connectivity index (χ3n) is 5.93. The number of carbonyl (C=O) groups excluding carboxylic acids is 1. The van der Waals surface area contributed by atoms with Crippen molar-refractivity contribution in [3.05, 3.63) is 113 Å². The maximum absolute atomic E-state index is 13.4. The van der Waals surface area contributed by atoms with Crippen LogP contribution in [0.5, 0.6) is 0 Å². The number of nitrogens with one attached hydrogen (secondary N) is 1. The van der Waals surface area contributed by atoms with Crippen LogP contribution in [0.1, 0.15) is 21.6 Å². The van der Waals surface area contributed by atoms with E-state index in [2.05, 4.69) is 10.4 Å². The fraction of sp³-hybridized carbons (Fsp3) is 0.107. The van der Waals surface area contributed by atoms with Crippen LogP contribution in [0.4, 0.5) is 4.39 Å². The highest BCUT2D eigenvalue weighted by molar-refractivity contribution is 6.30. The van der Waals surface area contributed by atoms with E-state index in [0.29, 0.717) is 29.2 Å². The van der Waals surface area contributed by atoms with Crippen LogP contribution in [-0.2, 0) is 6.42 Å². The average molecular weight is 485 g/mol. The van der Waals surface area contributed by atoms with Crippen molar-refractivity contribution in [1.29, 1.82) is 0 Å². The van der Waals surface area contributed by atoms with E-state index in [-0.39, 0.29) is 11.7 Å². The van der Waals surface area contributed by atoms with Crippen molar-refractivity contribution in [2.24, 2.45) is 0 Å². The average Bonchev–Trinajstić information content (AvgIpc) is 3.26. The van der Waals surface area contributed by atoms with E-state index < -0.39 is 0 Å². The van der Waals surface area contributed by atoms with E-state index in [1.165, 1.54) is 12.1 Å². The topological polar surface area (TPSA) is 59.8 Å². The number of fused-ring (bicyclic) bond motifs is 1. The molecule has 5 aromatic rings. The number of halogens is 2. The Morgan fingerprint density at radius 1 is 1.03 bits per heavy atom. The highest BCUT2D eigenvalue weighted by Crippen LogP contribution is 2.28. The maximum atomic E-state index is 13.4. The Balaban J connectivity index is 1.45. The zero-order valence-corrected chi connectivity index (χ0v) is 19.8. The summed E-state index contributed by atoms with van der Waals surface area (Å²) in [6.45, 7) is 2.42. The summed E-state index contributed by atoms with van der Waals surface area (Å²) in [5, 5.41) is 8.98. The lowest BCUT2D eigenvalue weighted by molar-refractivity contribution is 0.0955. The zero-order chi connectivity index (χ0) is 24.4. The van der Waals surface area contributed by atoms with Crippen LogP contribution in [-0.4, -0.2) is 27.2 Å². The molecule has 2 heterocycles. The van der Waals surface area contributed by atoms with E-state index in [1.807, 2.05) is 55.5 Å². The van der Waals surface area contributed by atoms with E-state index in [0.717, 1.165) is 33.4 Å². The third kappa shape index (κ3) is 4.79. The number of benzene rings is 3. The third-order valence-corrected chi connectivity index (χ3v) is 6.18. The molecule has 35 heavy (non-hydrogen) atoms. The van der Waals surface area contributed by atoms with Gasteiger partial charge in [-0.25, -0.2) is 14.1 Å². The first kappa shape index (κ1) is 22.7. The Bertz CT molecular complexity index is 1510. The van der Waals surface area contributed by atoms with Gasteiger partial charge < -0.3 is 5.32 Å². The summed E-state index contributed by atoms with van der Waals surface area (Å²) in [7, 11) is 0. The summed E-state index contributed by atoms with van der Waals surface area (Å²) in [6.07, 6.45) is 2.42. The van der Waals surface area contributed by atoms with Gasteiger partial charge in [-0.05, 0) is 67.4 Å². The molecule has 7 heteroatoms. The van der Waals surface area contributed by atoms with Gasteiger partial charge in [-0.1, -0.05) is 41.9 Å². The number of nitrogens with zero attached hydrogens (tertiary/aromatic N) is 3. The lowest BCUT2D eigenvalue weighted by Gasteiger charge is -2.11. The van der Waals surface area contributed by atoms with Crippen LogP contribution >= 0.6 is 11.6 Å². The summed E-state index contributed by atoms with van der Waals surface area (Å²) < 4.78 is 15.1. The largest absolute Gasteiger partial charge is 0.352 e. The van der Waals surface area contributed by atoms with Gasteiger partial charge in [0, 0.05) is 22.5 Å². The normalized spacial score (nSPS) is 11.1. The molecular weight excluding hydrogens is 463 g/mol. The minimum Gasteiger partial charge on any atom is -0.352 e. The fourth-order valence-electron chi connectivity index (χ4n) is 4.07. The number of rotatable bonds is 6. The zero-order valence-electron chi connectivity index (χ0n) is 19.0. The second kappa shape index (κ2) is 9.68. The molecule has 1 amide bonds. The summed E-state index contributed by atoms with van der Waals surface area (Å²) in [5.41, 5.74) is 5.41. The van der Waals surface area contributed by atoms with Crippen molar-refractivity contribution in [2.45, 2.75) is 13.3 Å². The first-order valence-electron chi connectivity index (χ1n) is 11.2. The molecule has 0 bridgehead atoms. The maximum Gasteiger partial charge on any atom is 0.252 e. The monoisotopic (exact) mass is 484 g/mol. The molecule has 174 valence electrons. The Kier molecular flexibility index (Phi) is 6.29. The van der Waals surface area contributed by atoms with E-state index >= 15 is 0 Å². The molecule has 0 aliphatic heterocycles. The number of amides is 1. The molecule has 0 fully saturated rings. The second-order valence-electron chi connectivity index (χ2n) is 8.24. The summed E-state index contributed by atoms with van der Waals surface area (Å²) in [6, 6.07) is 23.1. The molecule has 0 aliphatic carbocycles. The number of hydrogen-bond acceptors (Lipinski definition) is 3. The first-order chi connectivity index (χ1) is 17.0. The highest BCUT2D eigenvalue weighted by Gasteiger charge is 2.17. The molecule has 0 aliphatic rings. The summed E-state index contributed by atoms with van der Waals surface area (Å²) in [5.74, 6) is -0.468. The van der Waals surface area contributed by atoms with Gasteiger partial charge in [0.05, 0.1) is 34.4 Å². The molecule has 3 aromatic carbocycles. The Morgan fingerprint density at radius 2 is 1.77 bits per heavy atom. The SMILES string of the molecule is Cc1c(-c2cc(C(=O)NCCc3ccc(Cl)cc3)c3ccccc3n2)cnn1-c1ccc(F)cc1. The van der Waals surface area contributed by atoms with Crippen molar-refractivity contribution in [3.8, 4) is 16.9 Å². The van der Waals surface area contributed by atoms with Gasteiger partial charge in [0.25, 0.3) is 5.91 Å². The second-order valence-corrected chi connectivity index (χ2v) is 8.67. The van der Waals surface area contributed by atoms with Gasteiger partial charge in [0.2, 0.25) is 0 Å². The molecule has 5 nitrogen and oxygen atoms in total. The van der Waals surface area contributed by atoms with Crippen molar-refractivity contribution >= 4 is 28.4 Å². The number of aromatic nitrogens is 3. The van der Waals surface area contributed by atoms with Crippen molar-refractivity contribution in [3.63, 3.8) is 0 Å². The number of carbonyl (C=O) groups is 1.